The molecule has 1 atom stereocenters. The fraction of sp³-hybridized carbons (Fsp3) is 0.286. The third kappa shape index (κ3) is 2.69. The van der Waals surface area contributed by atoms with Gasteiger partial charge in [-0.25, -0.2) is 0 Å². The van der Waals surface area contributed by atoms with Crippen molar-refractivity contribution in [1.29, 1.82) is 0 Å². The molecular weight excluding hydrogens is 376 g/mol. The molecule has 0 bridgehead atoms. The highest BCUT2D eigenvalue weighted by molar-refractivity contribution is 8.03. The molecule has 0 saturated carbocycles. The zero-order chi connectivity index (χ0) is 19.3. The molecule has 1 aromatic carbocycles. The Balaban J connectivity index is 1.67. The van der Waals surface area contributed by atoms with Crippen molar-refractivity contribution < 1.29 is 14.1 Å². The number of nitrogens with one attached hydrogen (secondary N) is 1. The van der Waals surface area contributed by atoms with Crippen LogP contribution in [0.15, 0.2) is 62.9 Å². The second kappa shape index (κ2) is 6.67. The first kappa shape index (κ1) is 17.3. The third-order valence-corrected chi connectivity index (χ3v) is 6.76. The molecule has 28 heavy (non-hydrogen) atoms. The Kier molecular flexibility index (Phi) is 4.12. The van der Waals surface area contributed by atoms with Gasteiger partial charge in [-0.2, -0.15) is 0 Å². The number of nitro benzene ring substituents is 1. The monoisotopic (exact) mass is 394 g/mol. The molecule has 2 aromatic rings. The maximum atomic E-state index is 12.8. The smallest absolute Gasteiger partial charge is 0.280 e. The molecule has 0 spiro atoms. The van der Waals surface area contributed by atoms with E-state index in [1.54, 1.807) is 36.0 Å². The maximum Gasteiger partial charge on any atom is 0.280 e. The lowest BCUT2D eigenvalue weighted by Crippen LogP contribution is -2.30. The molecule has 1 unspecified atom stereocenters. The van der Waals surface area contributed by atoms with E-state index in [0.29, 0.717) is 17.7 Å². The van der Waals surface area contributed by atoms with Gasteiger partial charge in [-0.05, 0) is 43.0 Å². The summed E-state index contributed by atoms with van der Waals surface area (Å²) in [4.78, 5) is 25.3. The van der Waals surface area contributed by atoms with Crippen LogP contribution < -0.4 is 5.32 Å². The summed E-state index contributed by atoms with van der Waals surface area (Å²) in [5.41, 5.74) is 4.21. The lowest BCUT2D eigenvalue weighted by atomic mass is 9.79. The predicted molar refractivity (Wildman–Crippen MR) is 107 cm³/mol. The fourth-order valence-electron chi connectivity index (χ4n) is 4.33. The summed E-state index contributed by atoms with van der Waals surface area (Å²) >= 11 is 1.75. The molecule has 1 aromatic heterocycles. The number of allylic oxidation sites excluding steroid dienone is 4. The minimum atomic E-state index is -0.377. The number of carbonyl (C=O) groups is 1. The summed E-state index contributed by atoms with van der Waals surface area (Å²) in [5.74, 6) is 1.37. The van der Waals surface area contributed by atoms with E-state index in [1.165, 1.54) is 12.0 Å². The lowest BCUT2D eigenvalue weighted by Gasteiger charge is -2.33. The molecule has 3 heterocycles. The quantitative estimate of drug-likeness (QED) is 0.589. The summed E-state index contributed by atoms with van der Waals surface area (Å²) in [5, 5.41) is 15.3. The molecule has 0 radical (unpaired) electrons. The number of dihydropyridines is 1. The molecule has 6 nitrogen and oxygen atoms in total. The first-order chi connectivity index (χ1) is 13.6. The van der Waals surface area contributed by atoms with Crippen LogP contribution in [-0.4, -0.2) is 16.5 Å². The SMILES string of the molecule is O=C1CCCC2=C1C(c1ccc(-c3ccco3)c([N+](=O)[O-])c1)C1=C(CCS1)N2. The van der Waals surface area contributed by atoms with E-state index in [2.05, 4.69) is 5.32 Å². The van der Waals surface area contributed by atoms with Crippen LogP contribution >= 0.6 is 11.8 Å². The van der Waals surface area contributed by atoms with Gasteiger partial charge in [0.25, 0.3) is 5.69 Å². The van der Waals surface area contributed by atoms with Crippen molar-refractivity contribution in [3.05, 3.63) is 74.1 Å². The molecule has 5 rings (SSSR count). The summed E-state index contributed by atoms with van der Waals surface area (Å²) in [6.45, 7) is 0. The molecule has 2 aliphatic heterocycles. The van der Waals surface area contributed by atoms with Crippen molar-refractivity contribution in [1.82, 2.24) is 5.32 Å². The molecule has 7 heteroatoms. The van der Waals surface area contributed by atoms with Gasteiger partial charge in [0.05, 0.1) is 16.7 Å². The lowest BCUT2D eigenvalue weighted by molar-refractivity contribution is -0.384. The Bertz CT molecular complexity index is 1050. The molecule has 0 fully saturated rings. The highest BCUT2D eigenvalue weighted by Crippen LogP contribution is 2.50. The Hall–Kier alpha value is -2.80. The highest BCUT2D eigenvalue weighted by atomic mass is 32.2. The number of nitro groups is 1. The van der Waals surface area contributed by atoms with Crippen LogP contribution in [0.4, 0.5) is 5.69 Å². The highest BCUT2D eigenvalue weighted by Gasteiger charge is 2.39. The Morgan fingerprint density at radius 3 is 2.86 bits per heavy atom. The molecular formula is C21H18N2O4S. The van der Waals surface area contributed by atoms with Gasteiger partial charge in [0.2, 0.25) is 0 Å². The Labute approximate surface area is 165 Å². The zero-order valence-corrected chi connectivity index (χ0v) is 15.9. The van der Waals surface area contributed by atoms with Crippen molar-refractivity contribution in [3.63, 3.8) is 0 Å². The van der Waals surface area contributed by atoms with Gasteiger partial charge < -0.3 is 9.73 Å². The molecule has 1 N–H and O–H groups in total. The number of ketones is 1. The fourth-order valence-corrected chi connectivity index (χ4v) is 5.61. The van der Waals surface area contributed by atoms with E-state index in [-0.39, 0.29) is 22.3 Å². The van der Waals surface area contributed by atoms with Gasteiger partial charge in [0, 0.05) is 46.0 Å². The van der Waals surface area contributed by atoms with Crippen molar-refractivity contribution in [2.75, 3.05) is 5.75 Å². The van der Waals surface area contributed by atoms with E-state index in [1.807, 2.05) is 6.07 Å². The third-order valence-electron chi connectivity index (χ3n) is 5.55. The van der Waals surface area contributed by atoms with Gasteiger partial charge in [-0.3, -0.25) is 14.9 Å². The second-order valence-electron chi connectivity index (χ2n) is 7.18. The van der Waals surface area contributed by atoms with Crippen LogP contribution in [0.3, 0.4) is 0 Å². The van der Waals surface area contributed by atoms with Crippen molar-refractivity contribution in [2.45, 2.75) is 31.6 Å². The average molecular weight is 394 g/mol. The second-order valence-corrected chi connectivity index (χ2v) is 8.32. The Morgan fingerprint density at radius 2 is 2.07 bits per heavy atom. The summed E-state index contributed by atoms with van der Waals surface area (Å²) in [6, 6.07) is 8.68. The largest absolute Gasteiger partial charge is 0.464 e. The number of carbonyl (C=O) groups excluding carboxylic acids is 1. The minimum Gasteiger partial charge on any atom is -0.464 e. The number of hydrogen-bond donors (Lipinski definition) is 1. The van der Waals surface area contributed by atoms with E-state index >= 15 is 0 Å². The summed E-state index contributed by atoms with van der Waals surface area (Å²) in [7, 11) is 0. The van der Waals surface area contributed by atoms with Crippen LogP contribution in [0.2, 0.25) is 0 Å². The average Bonchev–Trinajstić information content (AvgIpc) is 3.38. The number of furan rings is 1. The molecule has 0 amide bonds. The van der Waals surface area contributed by atoms with Crippen molar-refractivity contribution in [2.24, 2.45) is 0 Å². The van der Waals surface area contributed by atoms with Crippen LogP contribution in [-0.2, 0) is 4.79 Å². The zero-order valence-electron chi connectivity index (χ0n) is 15.1. The first-order valence-electron chi connectivity index (χ1n) is 9.35. The van der Waals surface area contributed by atoms with Crippen LogP contribution in [0, 0.1) is 10.1 Å². The maximum absolute atomic E-state index is 12.8. The number of Topliss-reactive ketones (excluding diaryl/α,β-unsaturated/α-hetero) is 1. The number of rotatable bonds is 3. The molecule has 142 valence electrons. The molecule has 3 aliphatic rings. The summed E-state index contributed by atoms with van der Waals surface area (Å²) in [6.07, 6.45) is 4.69. The van der Waals surface area contributed by atoms with E-state index in [0.717, 1.165) is 46.8 Å². The van der Waals surface area contributed by atoms with Crippen molar-refractivity contribution in [3.8, 4) is 11.3 Å². The predicted octanol–water partition coefficient (Wildman–Crippen LogP) is 4.90. The van der Waals surface area contributed by atoms with E-state index < -0.39 is 0 Å². The van der Waals surface area contributed by atoms with Gasteiger partial charge in [-0.1, -0.05) is 6.07 Å². The minimum absolute atomic E-state index is 0.00142. The van der Waals surface area contributed by atoms with Gasteiger partial charge in [0.1, 0.15) is 5.76 Å². The summed E-state index contributed by atoms with van der Waals surface area (Å²) < 4.78 is 5.38. The molecule has 0 saturated heterocycles. The van der Waals surface area contributed by atoms with E-state index in [9.17, 15) is 14.9 Å². The topological polar surface area (TPSA) is 85.4 Å². The number of hydrogen-bond acceptors (Lipinski definition) is 6. The number of thioether (sulfide) groups is 1. The van der Waals surface area contributed by atoms with Crippen LogP contribution in [0.5, 0.6) is 0 Å². The van der Waals surface area contributed by atoms with Gasteiger partial charge in [-0.15, -0.1) is 11.8 Å². The standard InChI is InChI=1S/C21H18N2O4S/c24-17-4-1-3-14-20(17)19(21-15(22-14)8-10-28-21)12-6-7-13(16(11-12)23(25)26)18-5-2-9-27-18/h2,5-7,9,11,19,22H,1,3-4,8,10H2. The number of nitrogens with zero attached hydrogens (tertiary/aromatic N) is 1. The van der Waals surface area contributed by atoms with Gasteiger partial charge in [0.15, 0.2) is 5.78 Å². The Morgan fingerprint density at radius 1 is 1.18 bits per heavy atom. The first-order valence-corrected chi connectivity index (χ1v) is 10.3. The van der Waals surface area contributed by atoms with Crippen LogP contribution in [0.25, 0.3) is 11.3 Å². The number of benzene rings is 1. The van der Waals surface area contributed by atoms with Gasteiger partial charge >= 0.3 is 0 Å². The van der Waals surface area contributed by atoms with Crippen LogP contribution in [0.1, 0.15) is 37.2 Å². The van der Waals surface area contributed by atoms with E-state index in [4.69, 9.17) is 4.42 Å². The molecule has 1 aliphatic carbocycles. The normalized spacial score (nSPS) is 21.4. The van der Waals surface area contributed by atoms with Crippen molar-refractivity contribution >= 4 is 23.2 Å².